The summed E-state index contributed by atoms with van der Waals surface area (Å²) in [5.41, 5.74) is 0. The largest absolute Gasteiger partial charge is 0.477 e. The minimum absolute atomic E-state index is 0.00948. The molecule has 5 nitrogen and oxygen atoms in total. The molecule has 0 saturated heterocycles. The number of rotatable bonds is 8. The summed E-state index contributed by atoms with van der Waals surface area (Å²) in [6.07, 6.45) is 4.21. The molecule has 1 rings (SSSR count). The highest BCUT2D eigenvalue weighted by Crippen LogP contribution is 2.21. The number of aliphatic carboxylic acids is 1. The van der Waals surface area contributed by atoms with Crippen LogP contribution in [-0.4, -0.2) is 42.3 Å². The lowest BCUT2D eigenvalue weighted by Gasteiger charge is -2.12. The summed E-state index contributed by atoms with van der Waals surface area (Å²) in [7, 11) is 0. The molecule has 0 aliphatic heterocycles. The Morgan fingerprint density at radius 1 is 1.26 bits per heavy atom. The van der Waals surface area contributed by atoms with E-state index in [1.807, 2.05) is 0 Å². The maximum absolute atomic E-state index is 12.6. The number of carbonyl (C=O) groups excluding carboxylic acids is 1. The van der Waals surface area contributed by atoms with Gasteiger partial charge in [-0.15, -0.1) is 0 Å². The lowest BCUT2D eigenvalue weighted by Crippen LogP contribution is -2.33. The highest BCUT2D eigenvalue weighted by Gasteiger charge is 2.39. The van der Waals surface area contributed by atoms with Gasteiger partial charge in [-0.25, -0.2) is 4.79 Å². The number of alkyl halides is 2. The molecule has 1 N–H and O–H groups in total. The Balaban J connectivity index is 2.04. The average molecular weight is 280 g/mol. The van der Waals surface area contributed by atoms with Crippen LogP contribution in [0.25, 0.3) is 0 Å². The second-order valence-corrected chi connectivity index (χ2v) is 4.56. The van der Waals surface area contributed by atoms with Crippen molar-refractivity contribution in [1.29, 1.82) is 0 Å². The molecule has 0 unspecified atom stereocenters. The quantitative estimate of drug-likeness (QED) is 0.543. The van der Waals surface area contributed by atoms with Crippen molar-refractivity contribution in [3.05, 3.63) is 0 Å². The fourth-order valence-corrected chi connectivity index (χ4v) is 1.83. The molecule has 1 saturated carbocycles. The molecule has 19 heavy (non-hydrogen) atoms. The number of ether oxygens (including phenoxy) is 2. The molecule has 0 aromatic rings. The van der Waals surface area contributed by atoms with E-state index >= 15 is 0 Å². The van der Waals surface area contributed by atoms with Crippen LogP contribution >= 0.6 is 0 Å². The number of esters is 1. The number of carboxylic acids is 1. The van der Waals surface area contributed by atoms with Gasteiger partial charge in [-0.2, -0.15) is 8.78 Å². The molecule has 0 heterocycles. The summed E-state index contributed by atoms with van der Waals surface area (Å²) >= 11 is 0. The molecule has 0 bridgehead atoms. The van der Waals surface area contributed by atoms with Crippen LogP contribution in [0.1, 0.15) is 38.5 Å². The highest BCUT2D eigenvalue weighted by atomic mass is 19.3. The van der Waals surface area contributed by atoms with Crippen molar-refractivity contribution < 1.29 is 33.0 Å². The van der Waals surface area contributed by atoms with Crippen molar-refractivity contribution in [2.45, 2.75) is 50.6 Å². The third kappa shape index (κ3) is 5.96. The summed E-state index contributed by atoms with van der Waals surface area (Å²) in [5.74, 6) is -6.46. The number of carbonyl (C=O) groups is 2. The third-order valence-corrected chi connectivity index (χ3v) is 2.87. The standard InChI is InChI=1S/C12H18F2O5/c13-12(14,11(16)17)8-18-7-3-6-10(15)19-9-4-1-2-5-9/h9H,1-8H2,(H,16,17). The van der Waals surface area contributed by atoms with E-state index in [1.54, 1.807) is 0 Å². The molecule has 0 atom stereocenters. The van der Waals surface area contributed by atoms with Gasteiger partial charge in [-0.05, 0) is 32.1 Å². The monoisotopic (exact) mass is 280 g/mol. The molecule has 0 spiro atoms. The summed E-state index contributed by atoms with van der Waals surface area (Å²) in [6.45, 7) is -1.28. The van der Waals surface area contributed by atoms with Crippen LogP contribution < -0.4 is 0 Å². The van der Waals surface area contributed by atoms with Gasteiger partial charge in [0.2, 0.25) is 0 Å². The fraction of sp³-hybridized carbons (Fsp3) is 0.833. The van der Waals surface area contributed by atoms with E-state index in [4.69, 9.17) is 9.84 Å². The van der Waals surface area contributed by atoms with Crippen molar-refractivity contribution in [1.82, 2.24) is 0 Å². The van der Waals surface area contributed by atoms with Gasteiger partial charge in [0.05, 0.1) is 0 Å². The topological polar surface area (TPSA) is 72.8 Å². The maximum atomic E-state index is 12.6. The zero-order valence-electron chi connectivity index (χ0n) is 10.6. The van der Waals surface area contributed by atoms with E-state index in [2.05, 4.69) is 4.74 Å². The van der Waals surface area contributed by atoms with E-state index in [9.17, 15) is 18.4 Å². The first kappa shape index (κ1) is 15.8. The minimum atomic E-state index is -3.88. The molecule has 0 amide bonds. The van der Waals surface area contributed by atoms with Crippen LogP contribution in [0.3, 0.4) is 0 Å². The second-order valence-electron chi connectivity index (χ2n) is 4.56. The van der Waals surface area contributed by atoms with Crippen LogP contribution in [0, 0.1) is 0 Å². The molecule has 1 aliphatic carbocycles. The molecule has 0 aromatic heterocycles. The van der Waals surface area contributed by atoms with E-state index in [0.29, 0.717) is 0 Å². The summed E-state index contributed by atoms with van der Waals surface area (Å²) in [6, 6.07) is 0. The predicted octanol–water partition coefficient (Wildman–Crippen LogP) is 1.99. The van der Waals surface area contributed by atoms with Gasteiger partial charge in [-0.1, -0.05) is 0 Å². The molecule has 110 valence electrons. The van der Waals surface area contributed by atoms with E-state index in [1.165, 1.54) is 0 Å². The van der Waals surface area contributed by atoms with Crippen molar-refractivity contribution in [3.63, 3.8) is 0 Å². The van der Waals surface area contributed by atoms with Crippen LogP contribution in [0.15, 0.2) is 0 Å². The van der Waals surface area contributed by atoms with Gasteiger partial charge in [0.25, 0.3) is 0 Å². The van der Waals surface area contributed by atoms with Gasteiger partial charge in [0.1, 0.15) is 12.7 Å². The van der Waals surface area contributed by atoms with Gasteiger partial charge in [-0.3, -0.25) is 4.79 Å². The van der Waals surface area contributed by atoms with Crippen LogP contribution in [0.2, 0.25) is 0 Å². The first-order valence-electron chi connectivity index (χ1n) is 6.30. The first-order valence-corrected chi connectivity index (χ1v) is 6.30. The Morgan fingerprint density at radius 3 is 2.47 bits per heavy atom. The van der Waals surface area contributed by atoms with Crippen LogP contribution in [0.4, 0.5) is 8.78 Å². The van der Waals surface area contributed by atoms with Crippen LogP contribution in [-0.2, 0) is 19.1 Å². The first-order chi connectivity index (χ1) is 8.92. The number of hydrogen-bond donors (Lipinski definition) is 1. The minimum Gasteiger partial charge on any atom is -0.477 e. The van der Waals surface area contributed by atoms with Gasteiger partial charge in [0.15, 0.2) is 0 Å². The van der Waals surface area contributed by atoms with Crippen molar-refractivity contribution >= 4 is 11.9 Å². The fourth-order valence-electron chi connectivity index (χ4n) is 1.83. The van der Waals surface area contributed by atoms with E-state index in [-0.39, 0.29) is 31.5 Å². The van der Waals surface area contributed by atoms with Gasteiger partial charge >= 0.3 is 17.9 Å². The normalized spacial score (nSPS) is 16.5. The summed E-state index contributed by atoms with van der Waals surface area (Å²) in [5, 5.41) is 8.14. The van der Waals surface area contributed by atoms with E-state index < -0.39 is 18.5 Å². The van der Waals surface area contributed by atoms with Crippen molar-refractivity contribution in [2.24, 2.45) is 0 Å². The lowest BCUT2D eigenvalue weighted by molar-refractivity contribution is -0.173. The van der Waals surface area contributed by atoms with Crippen molar-refractivity contribution in [3.8, 4) is 0 Å². The maximum Gasteiger partial charge on any atom is 0.377 e. The molecule has 0 aromatic carbocycles. The molecule has 7 heteroatoms. The molecule has 1 fully saturated rings. The number of halogens is 2. The smallest absolute Gasteiger partial charge is 0.377 e. The Labute approximate surface area is 109 Å². The Morgan fingerprint density at radius 2 is 1.89 bits per heavy atom. The number of carboxylic acid groups (broad SMARTS) is 1. The van der Waals surface area contributed by atoms with Gasteiger partial charge < -0.3 is 14.6 Å². The van der Waals surface area contributed by atoms with E-state index in [0.717, 1.165) is 25.7 Å². The highest BCUT2D eigenvalue weighted by molar-refractivity contribution is 5.75. The Hall–Kier alpha value is -1.24. The molecule has 0 radical (unpaired) electrons. The molecular weight excluding hydrogens is 262 g/mol. The molecule has 1 aliphatic rings. The Bertz CT molecular complexity index is 313. The Kier molecular flexibility index (Phi) is 6.14. The second kappa shape index (κ2) is 7.37. The zero-order chi connectivity index (χ0) is 14.3. The number of hydrogen-bond acceptors (Lipinski definition) is 4. The zero-order valence-corrected chi connectivity index (χ0v) is 10.6. The summed E-state index contributed by atoms with van der Waals surface area (Å²) in [4.78, 5) is 21.4. The third-order valence-electron chi connectivity index (χ3n) is 2.87. The van der Waals surface area contributed by atoms with Crippen molar-refractivity contribution in [2.75, 3.05) is 13.2 Å². The lowest BCUT2D eigenvalue weighted by atomic mass is 10.3. The predicted molar refractivity (Wildman–Crippen MR) is 61.0 cm³/mol. The average Bonchev–Trinajstić information content (AvgIpc) is 2.81. The summed E-state index contributed by atoms with van der Waals surface area (Å²) < 4.78 is 34.9. The molecular formula is C12H18F2O5. The van der Waals surface area contributed by atoms with Crippen LogP contribution in [0.5, 0.6) is 0 Å². The SMILES string of the molecule is O=C(CCCOCC(F)(F)C(=O)O)OC1CCCC1. The van der Waals surface area contributed by atoms with Gasteiger partial charge in [0, 0.05) is 13.0 Å².